The molecule has 0 unspecified atom stereocenters. The molecule has 0 fully saturated rings. The minimum absolute atomic E-state index is 0.0737. The van der Waals surface area contributed by atoms with Gasteiger partial charge in [-0.25, -0.2) is 9.37 Å². The van der Waals surface area contributed by atoms with E-state index >= 15 is 0 Å². The maximum absolute atomic E-state index is 13.7. The average molecular weight is 299 g/mol. The van der Waals surface area contributed by atoms with E-state index in [1.807, 2.05) is 0 Å². The number of aromatic nitrogens is 1. The Kier molecular flexibility index (Phi) is 3.99. The van der Waals surface area contributed by atoms with Gasteiger partial charge < -0.3 is 9.47 Å². The Bertz CT molecular complexity index is 666. The molecule has 2 aromatic rings. The highest BCUT2D eigenvalue weighted by atomic mass is 35.5. The minimum atomic E-state index is -0.726. The zero-order valence-corrected chi connectivity index (χ0v) is 10.9. The maximum Gasteiger partial charge on any atom is 0.332 e. The molecule has 0 amide bonds. The Morgan fingerprint density at radius 1 is 1.45 bits per heavy atom. The first kappa shape index (κ1) is 14.0. The van der Waals surface area contributed by atoms with Gasteiger partial charge >= 0.3 is 5.69 Å². The second-order valence-corrected chi connectivity index (χ2v) is 4.04. The van der Waals surface area contributed by atoms with Crippen molar-refractivity contribution in [3.63, 3.8) is 0 Å². The van der Waals surface area contributed by atoms with E-state index in [9.17, 15) is 14.5 Å². The summed E-state index contributed by atoms with van der Waals surface area (Å²) < 4.78 is 23.8. The molecule has 6 nitrogen and oxygen atoms in total. The first-order valence-electron chi connectivity index (χ1n) is 5.33. The van der Waals surface area contributed by atoms with Crippen LogP contribution in [0.2, 0.25) is 5.02 Å². The quantitative estimate of drug-likeness (QED) is 0.637. The number of ether oxygens (including phenoxy) is 2. The van der Waals surface area contributed by atoms with Gasteiger partial charge in [-0.1, -0.05) is 17.7 Å². The van der Waals surface area contributed by atoms with Gasteiger partial charge in [-0.05, 0) is 12.1 Å². The zero-order valence-electron chi connectivity index (χ0n) is 10.2. The highest BCUT2D eigenvalue weighted by Gasteiger charge is 2.21. The lowest BCUT2D eigenvalue weighted by Gasteiger charge is -2.10. The average Bonchev–Trinajstić information content (AvgIpc) is 2.42. The van der Waals surface area contributed by atoms with E-state index < -0.39 is 16.4 Å². The third kappa shape index (κ3) is 2.77. The largest absolute Gasteiger partial charge is 0.493 e. The molecule has 20 heavy (non-hydrogen) atoms. The molecule has 0 spiro atoms. The Balaban J connectivity index is 2.48. The number of methoxy groups -OCH3 is 1. The van der Waals surface area contributed by atoms with E-state index in [0.717, 1.165) is 18.3 Å². The predicted octanol–water partition coefficient (Wildman–Crippen LogP) is 3.58. The molecule has 2 rings (SSSR count). The highest BCUT2D eigenvalue weighted by molar-refractivity contribution is 6.30. The van der Waals surface area contributed by atoms with Gasteiger partial charge in [0.05, 0.1) is 23.3 Å². The van der Waals surface area contributed by atoms with E-state index in [4.69, 9.17) is 21.1 Å². The molecular formula is C12H8ClFN2O4. The van der Waals surface area contributed by atoms with Gasteiger partial charge in [-0.3, -0.25) is 10.1 Å². The fourth-order valence-electron chi connectivity index (χ4n) is 1.47. The van der Waals surface area contributed by atoms with E-state index in [1.54, 1.807) is 0 Å². The van der Waals surface area contributed by atoms with Gasteiger partial charge in [0.2, 0.25) is 5.75 Å². The molecule has 0 atom stereocenters. The lowest BCUT2D eigenvalue weighted by atomic mass is 10.3. The monoisotopic (exact) mass is 298 g/mol. The molecule has 0 aliphatic carbocycles. The highest BCUT2D eigenvalue weighted by Crippen LogP contribution is 2.37. The number of para-hydroxylation sites is 1. The van der Waals surface area contributed by atoms with Crippen molar-refractivity contribution < 1.29 is 18.8 Å². The van der Waals surface area contributed by atoms with Gasteiger partial charge in [0, 0.05) is 6.07 Å². The molecular weight excluding hydrogens is 291 g/mol. The predicted molar refractivity (Wildman–Crippen MR) is 68.9 cm³/mol. The summed E-state index contributed by atoms with van der Waals surface area (Å²) in [5.74, 6) is -1.29. The van der Waals surface area contributed by atoms with Crippen molar-refractivity contribution in [3.8, 4) is 17.4 Å². The number of rotatable bonds is 4. The fourth-order valence-corrected chi connectivity index (χ4v) is 1.62. The molecule has 1 aromatic heterocycles. The second-order valence-electron chi connectivity index (χ2n) is 3.61. The third-order valence-corrected chi connectivity index (χ3v) is 2.55. The summed E-state index contributed by atoms with van der Waals surface area (Å²) in [6.45, 7) is 0. The molecule has 0 saturated heterocycles. The van der Waals surface area contributed by atoms with Crippen molar-refractivity contribution in [1.29, 1.82) is 0 Å². The summed E-state index contributed by atoms with van der Waals surface area (Å²) in [5.41, 5.74) is -0.470. The third-order valence-electron chi connectivity index (χ3n) is 2.35. The first-order valence-corrected chi connectivity index (χ1v) is 5.71. The molecule has 104 valence electrons. The molecule has 0 aliphatic heterocycles. The number of pyridine rings is 1. The number of nitro groups is 1. The van der Waals surface area contributed by atoms with Crippen LogP contribution in [0.25, 0.3) is 0 Å². The summed E-state index contributed by atoms with van der Waals surface area (Å²) in [6.07, 6.45) is 1.16. The molecule has 0 radical (unpaired) electrons. The van der Waals surface area contributed by atoms with Crippen molar-refractivity contribution in [1.82, 2.24) is 4.98 Å². The smallest absolute Gasteiger partial charge is 0.332 e. The van der Waals surface area contributed by atoms with E-state index in [1.165, 1.54) is 19.2 Å². The second kappa shape index (κ2) is 5.70. The van der Waals surface area contributed by atoms with Crippen molar-refractivity contribution in [2.24, 2.45) is 0 Å². The summed E-state index contributed by atoms with van der Waals surface area (Å²) in [4.78, 5) is 13.9. The van der Waals surface area contributed by atoms with Crippen molar-refractivity contribution in [2.75, 3.05) is 7.11 Å². The SMILES string of the molecule is COc1cccc(F)c1Oc1ncc(Cl)cc1[N+](=O)[O-]. The summed E-state index contributed by atoms with van der Waals surface area (Å²) >= 11 is 5.63. The lowest BCUT2D eigenvalue weighted by Crippen LogP contribution is -1.99. The molecule has 0 saturated carbocycles. The first-order chi connectivity index (χ1) is 9.52. The Morgan fingerprint density at radius 3 is 2.85 bits per heavy atom. The number of benzene rings is 1. The summed E-state index contributed by atoms with van der Waals surface area (Å²) in [7, 11) is 1.32. The molecule has 0 N–H and O–H groups in total. The fraction of sp³-hybridized carbons (Fsp3) is 0.0833. The number of hydrogen-bond acceptors (Lipinski definition) is 5. The molecule has 1 heterocycles. The number of hydrogen-bond donors (Lipinski definition) is 0. The zero-order chi connectivity index (χ0) is 14.7. The normalized spacial score (nSPS) is 10.2. The van der Waals surface area contributed by atoms with Crippen LogP contribution in [0.4, 0.5) is 10.1 Å². The van der Waals surface area contributed by atoms with Crippen LogP contribution >= 0.6 is 11.6 Å². The van der Waals surface area contributed by atoms with E-state index in [0.29, 0.717) is 0 Å². The van der Waals surface area contributed by atoms with Crippen molar-refractivity contribution >= 4 is 17.3 Å². The van der Waals surface area contributed by atoms with Crippen LogP contribution in [-0.4, -0.2) is 17.0 Å². The van der Waals surface area contributed by atoms with Crippen LogP contribution in [0, 0.1) is 15.9 Å². The minimum Gasteiger partial charge on any atom is -0.493 e. The van der Waals surface area contributed by atoms with Gasteiger partial charge in [0.25, 0.3) is 5.88 Å². The van der Waals surface area contributed by atoms with E-state index in [-0.39, 0.29) is 22.4 Å². The van der Waals surface area contributed by atoms with Crippen LogP contribution in [0.5, 0.6) is 17.4 Å². The topological polar surface area (TPSA) is 74.5 Å². The van der Waals surface area contributed by atoms with E-state index in [2.05, 4.69) is 4.98 Å². The maximum atomic E-state index is 13.7. The number of nitrogens with zero attached hydrogens (tertiary/aromatic N) is 2. The molecule has 1 aromatic carbocycles. The van der Waals surface area contributed by atoms with Crippen LogP contribution in [0.3, 0.4) is 0 Å². The van der Waals surface area contributed by atoms with Gasteiger partial charge in [0.1, 0.15) is 0 Å². The van der Waals surface area contributed by atoms with Gasteiger partial charge in [-0.15, -0.1) is 0 Å². The molecule has 8 heteroatoms. The van der Waals surface area contributed by atoms with Gasteiger partial charge in [0.15, 0.2) is 11.6 Å². The van der Waals surface area contributed by atoms with Crippen LogP contribution < -0.4 is 9.47 Å². The molecule has 0 aliphatic rings. The summed E-state index contributed by atoms with van der Waals surface area (Å²) in [6, 6.07) is 5.09. The van der Waals surface area contributed by atoms with Crippen LogP contribution in [-0.2, 0) is 0 Å². The summed E-state index contributed by atoms with van der Waals surface area (Å²) in [5, 5.41) is 11.0. The Hall–Kier alpha value is -2.41. The van der Waals surface area contributed by atoms with Crippen molar-refractivity contribution in [2.45, 2.75) is 0 Å². The standard InChI is InChI=1S/C12H8ClFN2O4/c1-19-10-4-2-3-8(14)11(10)20-12-9(16(17)18)5-7(13)6-15-12/h2-6H,1H3. The van der Waals surface area contributed by atoms with Crippen LogP contribution in [0.1, 0.15) is 0 Å². The Labute approximate surface area is 117 Å². The number of halogens is 2. The Morgan fingerprint density at radius 2 is 2.20 bits per heavy atom. The van der Waals surface area contributed by atoms with Gasteiger partial charge in [-0.2, -0.15) is 0 Å². The lowest BCUT2D eigenvalue weighted by molar-refractivity contribution is -0.386. The van der Waals surface area contributed by atoms with Crippen LogP contribution in [0.15, 0.2) is 30.5 Å². The molecule has 0 bridgehead atoms. The van der Waals surface area contributed by atoms with Crippen molar-refractivity contribution in [3.05, 3.63) is 51.4 Å².